The fourth-order valence-corrected chi connectivity index (χ4v) is 3.16. The van der Waals surface area contributed by atoms with Gasteiger partial charge in [-0.25, -0.2) is 8.42 Å². The van der Waals surface area contributed by atoms with E-state index in [-0.39, 0.29) is 16.6 Å². The lowest BCUT2D eigenvalue weighted by Gasteiger charge is -2.06. The summed E-state index contributed by atoms with van der Waals surface area (Å²) in [6.45, 7) is 3.35. The highest BCUT2D eigenvalue weighted by atomic mass is 32.2. The molecule has 0 aliphatic rings. The van der Waals surface area contributed by atoms with E-state index < -0.39 is 9.84 Å². The molecule has 0 atom stereocenters. The van der Waals surface area contributed by atoms with Gasteiger partial charge in [0.25, 0.3) is 0 Å². The van der Waals surface area contributed by atoms with Crippen LogP contribution < -0.4 is 5.32 Å². The molecule has 0 heterocycles. The van der Waals surface area contributed by atoms with Crippen molar-refractivity contribution in [1.82, 2.24) is 0 Å². The molecule has 1 N–H and O–H groups in total. The van der Waals surface area contributed by atoms with E-state index in [1.807, 2.05) is 6.07 Å². The third-order valence-corrected chi connectivity index (χ3v) is 4.57. The highest BCUT2D eigenvalue weighted by molar-refractivity contribution is 7.90. The number of carbonyl (C=O) groups is 1. The van der Waals surface area contributed by atoms with Crippen LogP contribution in [0.4, 0.5) is 5.69 Å². The Kier molecular flexibility index (Phi) is 4.55. The first-order chi connectivity index (χ1) is 10.0. The van der Waals surface area contributed by atoms with Crippen molar-refractivity contribution in [2.24, 2.45) is 0 Å². The van der Waals surface area contributed by atoms with Gasteiger partial charge >= 0.3 is 0 Å². The van der Waals surface area contributed by atoms with Crippen LogP contribution in [0, 0.1) is 0 Å². The van der Waals surface area contributed by atoms with E-state index in [2.05, 4.69) is 11.9 Å². The third-order valence-electron chi connectivity index (χ3n) is 2.87. The molecule has 2 aromatic rings. The number of hydrogen-bond donors (Lipinski definition) is 1. The van der Waals surface area contributed by atoms with Gasteiger partial charge in [-0.2, -0.15) is 0 Å². The largest absolute Gasteiger partial charge is 0.323 e. The Morgan fingerprint density at radius 1 is 1.05 bits per heavy atom. The number of nitrogens with one attached hydrogen (secondary N) is 1. The van der Waals surface area contributed by atoms with Crippen LogP contribution in [0.15, 0.2) is 72.1 Å². The molecule has 0 bridgehead atoms. The lowest BCUT2D eigenvalue weighted by atomic mass is 10.2. The number of sulfone groups is 1. The molecule has 2 rings (SSSR count). The highest BCUT2D eigenvalue weighted by Crippen LogP contribution is 2.18. The molecule has 0 saturated heterocycles. The highest BCUT2D eigenvalue weighted by Gasteiger charge is 2.15. The maximum atomic E-state index is 12.3. The molecule has 0 radical (unpaired) electrons. The van der Waals surface area contributed by atoms with Crippen molar-refractivity contribution in [3.63, 3.8) is 0 Å². The molecule has 1 amide bonds. The van der Waals surface area contributed by atoms with Crippen LogP contribution in [0.1, 0.15) is 5.56 Å². The average Bonchev–Trinajstić information content (AvgIpc) is 2.48. The number of carbonyl (C=O) groups excluding carboxylic acids is 1. The number of amides is 1. The normalized spacial score (nSPS) is 10.9. The van der Waals surface area contributed by atoms with Gasteiger partial charge in [0, 0.05) is 5.69 Å². The van der Waals surface area contributed by atoms with E-state index in [0.29, 0.717) is 5.69 Å². The molecular formula is C16H15NO3S. The summed E-state index contributed by atoms with van der Waals surface area (Å²) in [6.07, 6.45) is 1.15. The molecular weight excluding hydrogens is 286 g/mol. The monoisotopic (exact) mass is 301 g/mol. The molecule has 21 heavy (non-hydrogen) atoms. The standard InChI is InChI=1S/C16H15NO3S/c1-2-16(18)17-14-8-10-15(11-9-14)21(19,20)12-13-6-4-3-5-7-13/h2-11H,1,12H2,(H,17,18). The maximum Gasteiger partial charge on any atom is 0.247 e. The second-order valence-electron chi connectivity index (χ2n) is 4.46. The second kappa shape index (κ2) is 6.37. The zero-order chi connectivity index (χ0) is 15.3. The minimum Gasteiger partial charge on any atom is -0.323 e. The first-order valence-electron chi connectivity index (χ1n) is 6.31. The summed E-state index contributed by atoms with van der Waals surface area (Å²) in [6, 6.07) is 15.1. The summed E-state index contributed by atoms with van der Waals surface area (Å²) < 4.78 is 24.6. The Hall–Kier alpha value is -2.40. The Balaban J connectivity index is 2.17. The van der Waals surface area contributed by atoms with E-state index in [1.54, 1.807) is 36.4 Å². The molecule has 0 unspecified atom stereocenters. The molecule has 0 fully saturated rings. The van der Waals surface area contributed by atoms with Crippen LogP contribution in [0.5, 0.6) is 0 Å². The number of anilines is 1. The van der Waals surface area contributed by atoms with E-state index in [9.17, 15) is 13.2 Å². The summed E-state index contributed by atoms with van der Waals surface area (Å²) in [5.74, 6) is -0.387. The number of benzene rings is 2. The quantitative estimate of drug-likeness (QED) is 0.864. The van der Waals surface area contributed by atoms with Gasteiger partial charge < -0.3 is 5.32 Å². The lowest BCUT2D eigenvalue weighted by molar-refractivity contribution is -0.111. The van der Waals surface area contributed by atoms with Crippen LogP contribution in [0.25, 0.3) is 0 Å². The van der Waals surface area contributed by atoms with Gasteiger partial charge in [0.15, 0.2) is 9.84 Å². The van der Waals surface area contributed by atoms with Gasteiger partial charge in [0.05, 0.1) is 10.6 Å². The predicted octanol–water partition coefficient (Wildman–Crippen LogP) is 2.79. The maximum absolute atomic E-state index is 12.3. The van der Waals surface area contributed by atoms with E-state index in [4.69, 9.17) is 0 Å². The summed E-state index contributed by atoms with van der Waals surface area (Å²) in [4.78, 5) is 11.4. The smallest absolute Gasteiger partial charge is 0.247 e. The second-order valence-corrected chi connectivity index (χ2v) is 6.45. The molecule has 4 nitrogen and oxygen atoms in total. The lowest BCUT2D eigenvalue weighted by Crippen LogP contribution is -2.08. The van der Waals surface area contributed by atoms with Crippen LogP contribution in [-0.2, 0) is 20.4 Å². The Morgan fingerprint density at radius 2 is 1.67 bits per heavy atom. The predicted molar refractivity (Wildman–Crippen MR) is 82.6 cm³/mol. The topological polar surface area (TPSA) is 63.2 Å². The van der Waals surface area contributed by atoms with E-state index >= 15 is 0 Å². The molecule has 0 aliphatic carbocycles. The van der Waals surface area contributed by atoms with Gasteiger partial charge in [-0.15, -0.1) is 0 Å². The van der Waals surface area contributed by atoms with Crippen molar-refractivity contribution in [2.45, 2.75) is 10.6 Å². The van der Waals surface area contributed by atoms with Crippen LogP contribution in [0.2, 0.25) is 0 Å². The first kappa shape index (κ1) is 15.0. The molecule has 5 heteroatoms. The van der Waals surface area contributed by atoms with Crippen molar-refractivity contribution >= 4 is 21.4 Å². The minimum atomic E-state index is -3.40. The van der Waals surface area contributed by atoms with Crippen molar-refractivity contribution in [1.29, 1.82) is 0 Å². The van der Waals surface area contributed by atoms with Crippen LogP contribution >= 0.6 is 0 Å². The van der Waals surface area contributed by atoms with Gasteiger partial charge in [0.1, 0.15) is 0 Å². The molecule has 0 aliphatic heterocycles. The molecule has 0 saturated carbocycles. The summed E-state index contributed by atoms with van der Waals surface area (Å²) >= 11 is 0. The Morgan fingerprint density at radius 3 is 2.24 bits per heavy atom. The van der Waals surface area contributed by atoms with Gasteiger partial charge in [-0.3, -0.25) is 4.79 Å². The van der Waals surface area contributed by atoms with Crippen molar-refractivity contribution in [3.05, 3.63) is 72.8 Å². The van der Waals surface area contributed by atoms with E-state index in [1.165, 1.54) is 12.1 Å². The zero-order valence-corrected chi connectivity index (χ0v) is 12.1. The zero-order valence-electron chi connectivity index (χ0n) is 11.3. The molecule has 0 aromatic heterocycles. The first-order valence-corrected chi connectivity index (χ1v) is 7.97. The van der Waals surface area contributed by atoms with Gasteiger partial charge in [-0.05, 0) is 35.9 Å². The van der Waals surface area contributed by atoms with Crippen LogP contribution in [0.3, 0.4) is 0 Å². The molecule has 0 spiro atoms. The summed E-state index contributed by atoms with van der Waals surface area (Å²) in [5, 5.41) is 2.57. The van der Waals surface area contributed by atoms with Gasteiger partial charge in [0.2, 0.25) is 5.91 Å². The Labute approximate surface area is 124 Å². The fraction of sp³-hybridized carbons (Fsp3) is 0.0625. The summed E-state index contributed by atoms with van der Waals surface area (Å²) in [7, 11) is -3.40. The van der Waals surface area contributed by atoms with Crippen molar-refractivity contribution < 1.29 is 13.2 Å². The van der Waals surface area contributed by atoms with Crippen molar-refractivity contribution in [3.8, 4) is 0 Å². The molecule has 2 aromatic carbocycles. The Bertz CT molecular complexity index is 735. The van der Waals surface area contributed by atoms with Crippen LogP contribution in [-0.4, -0.2) is 14.3 Å². The fourth-order valence-electron chi connectivity index (χ4n) is 1.82. The number of hydrogen-bond acceptors (Lipinski definition) is 3. The van der Waals surface area contributed by atoms with Gasteiger partial charge in [-0.1, -0.05) is 36.9 Å². The average molecular weight is 301 g/mol. The third kappa shape index (κ3) is 4.03. The van der Waals surface area contributed by atoms with Crippen molar-refractivity contribution in [2.75, 3.05) is 5.32 Å². The SMILES string of the molecule is C=CC(=O)Nc1ccc(S(=O)(=O)Cc2ccccc2)cc1. The van der Waals surface area contributed by atoms with E-state index in [0.717, 1.165) is 11.6 Å². The summed E-state index contributed by atoms with van der Waals surface area (Å²) in [5.41, 5.74) is 1.26. The number of rotatable bonds is 5. The molecule has 108 valence electrons. The minimum absolute atomic E-state index is 0.0494.